The van der Waals surface area contributed by atoms with Crippen LogP contribution in [0.15, 0.2) is 30.3 Å². The number of likely N-dealkylation sites (tertiary alicyclic amines) is 1. The monoisotopic (exact) mass is 329 g/mol. The molecule has 130 valence electrons. The van der Waals surface area contributed by atoms with Gasteiger partial charge >= 0.3 is 0 Å². The molecule has 0 aliphatic carbocycles. The zero-order valence-corrected chi connectivity index (χ0v) is 14.2. The summed E-state index contributed by atoms with van der Waals surface area (Å²) in [5.74, 6) is 0.237. The van der Waals surface area contributed by atoms with Crippen molar-refractivity contribution in [2.45, 2.75) is 38.1 Å². The number of nitrogens with one attached hydrogen (secondary N) is 1. The standard InChI is InChI=1S/C19H27N3O2/c23-18(10-6-9-16-7-2-1-3-8-16)22-14-11-20-15-17(22)19(24)21-12-4-5-13-21/h1-3,7-8,17,20H,4-6,9-15H2/t17-/m0/s1. The zero-order valence-electron chi connectivity index (χ0n) is 14.2. The Hall–Kier alpha value is -1.88. The Kier molecular flexibility index (Phi) is 5.86. The van der Waals surface area contributed by atoms with Gasteiger partial charge < -0.3 is 15.1 Å². The lowest BCUT2D eigenvalue weighted by Gasteiger charge is -2.37. The highest BCUT2D eigenvalue weighted by Crippen LogP contribution is 2.15. The summed E-state index contributed by atoms with van der Waals surface area (Å²) in [6.45, 7) is 3.67. The number of benzene rings is 1. The van der Waals surface area contributed by atoms with Gasteiger partial charge in [0.2, 0.25) is 11.8 Å². The third-order valence-electron chi connectivity index (χ3n) is 4.97. The molecule has 0 unspecified atom stereocenters. The number of rotatable bonds is 5. The molecule has 2 aliphatic heterocycles. The molecule has 2 fully saturated rings. The summed E-state index contributed by atoms with van der Waals surface area (Å²) >= 11 is 0. The lowest BCUT2D eigenvalue weighted by atomic mass is 10.1. The van der Waals surface area contributed by atoms with Crippen molar-refractivity contribution in [3.8, 4) is 0 Å². The molecular weight excluding hydrogens is 302 g/mol. The van der Waals surface area contributed by atoms with E-state index in [1.807, 2.05) is 28.0 Å². The molecule has 5 nitrogen and oxygen atoms in total. The molecule has 3 rings (SSSR count). The van der Waals surface area contributed by atoms with Gasteiger partial charge in [0.15, 0.2) is 0 Å². The first-order chi connectivity index (χ1) is 11.8. The van der Waals surface area contributed by atoms with Gasteiger partial charge in [-0.05, 0) is 31.2 Å². The van der Waals surface area contributed by atoms with Gasteiger partial charge in [-0.25, -0.2) is 0 Å². The van der Waals surface area contributed by atoms with E-state index >= 15 is 0 Å². The highest BCUT2D eigenvalue weighted by atomic mass is 16.2. The van der Waals surface area contributed by atoms with Crippen molar-refractivity contribution in [2.75, 3.05) is 32.7 Å². The van der Waals surface area contributed by atoms with Crippen molar-refractivity contribution in [1.29, 1.82) is 0 Å². The fraction of sp³-hybridized carbons (Fsp3) is 0.579. The summed E-state index contributed by atoms with van der Waals surface area (Å²) in [5.41, 5.74) is 1.26. The second-order valence-corrected chi connectivity index (χ2v) is 6.68. The van der Waals surface area contributed by atoms with Crippen molar-refractivity contribution in [2.24, 2.45) is 0 Å². The van der Waals surface area contributed by atoms with E-state index in [-0.39, 0.29) is 17.9 Å². The second-order valence-electron chi connectivity index (χ2n) is 6.68. The Labute approximate surface area is 144 Å². The molecule has 0 aromatic heterocycles. The average Bonchev–Trinajstić information content (AvgIpc) is 3.16. The molecule has 2 aliphatic rings. The number of piperazine rings is 1. The Morgan fingerprint density at radius 3 is 2.58 bits per heavy atom. The van der Waals surface area contributed by atoms with Crippen LogP contribution in [0.1, 0.15) is 31.2 Å². The molecule has 1 aromatic carbocycles. The van der Waals surface area contributed by atoms with E-state index in [1.165, 1.54) is 5.56 Å². The molecule has 0 radical (unpaired) electrons. The van der Waals surface area contributed by atoms with Crippen LogP contribution in [0.25, 0.3) is 0 Å². The molecule has 0 bridgehead atoms. The second kappa shape index (κ2) is 8.29. The third-order valence-corrected chi connectivity index (χ3v) is 4.97. The van der Waals surface area contributed by atoms with Gasteiger partial charge in [-0.3, -0.25) is 9.59 Å². The minimum Gasteiger partial charge on any atom is -0.341 e. The zero-order chi connectivity index (χ0) is 16.8. The number of hydrogen-bond acceptors (Lipinski definition) is 3. The first-order valence-electron chi connectivity index (χ1n) is 9.08. The summed E-state index contributed by atoms with van der Waals surface area (Å²) in [6.07, 6.45) is 4.41. The van der Waals surface area contributed by atoms with Crippen molar-refractivity contribution in [3.63, 3.8) is 0 Å². The quantitative estimate of drug-likeness (QED) is 0.889. The van der Waals surface area contributed by atoms with Gasteiger partial charge in [0.1, 0.15) is 6.04 Å². The van der Waals surface area contributed by atoms with Crippen molar-refractivity contribution >= 4 is 11.8 Å². The number of aryl methyl sites for hydroxylation is 1. The molecule has 1 atom stereocenters. The van der Waals surface area contributed by atoms with Crippen LogP contribution in [-0.4, -0.2) is 60.4 Å². The van der Waals surface area contributed by atoms with E-state index in [1.54, 1.807) is 0 Å². The van der Waals surface area contributed by atoms with Gasteiger partial charge in [0.25, 0.3) is 0 Å². The van der Waals surface area contributed by atoms with Crippen LogP contribution in [0.3, 0.4) is 0 Å². The Morgan fingerprint density at radius 1 is 1.08 bits per heavy atom. The minimum atomic E-state index is -0.318. The maximum atomic E-state index is 12.7. The topological polar surface area (TPSA) is 52.7 Å². The van der Waals surface area contributed by atoms with Gasteiger partial charge in [0.05, 0.1) is 0 Å². The van der Waals surface area contributed by atoms with Crippen LogP contribution in [0.4, 0.5) is 0 Å². The molecule has 1 aromatic rings. The number of hydrogen-bond donors (Lipinski definition) is 1. The molecule has 2 saturated heterocycles. The van der Waals surface area contributed by atoms with Crippen LogP contribution in [-0.2, 0) is 16.0 Å². The summed E-state index contributed by atoms with van der Waals surface area (Å²) < 4.78 is 0. The normalized spacial score (nSPS) is 21.1. The largest absolute Gasteiger partial charge is 0.341 e. The van der Waals surface area contributed by atoms with Crippen LogP contribution in [0, 0.1) is 0 Å². The van der Waals surface area contributed by atoms with E-state index in [9.17, 15) is 9.59 Å². The van der Waals surface area contributed by atoms with E-state index in [0.717, 1.165) is 45.3 Å². The van der Waals surface area contributed by atoms with E-state index in [0.29, 0.717) is 19.5 Å². The number of carbonyl (C=O) groups is 2. The summed E-state index contributed by atoms with van der Waals surface area (Å²) in [6, 6.07) is 9.92. The predicted octanol–water partition coefficient (Wildman–Crippen LogP) is 1.43. The predicted molar refractivity (Wildman–Crippen MR) is 93.6 cm³/mol. The highest BCUT2D eigenvalue weighted by Gasteiger charge is 2.35. The maximum Gasteiger partial charge on any atom is 0.246 e. The Balaban J connectivity index is 1.54. The first-order valence-corrected chi connectivity index (χ1v) is 9.08. The smallest absolute Gasteiger partial charge is 0.246 e. The molecule has 2 heterocycles. The SMILES string of the molecule is O=C([C@@H]1CNCCN1C(=O)CCCc1ccccc1)N1CCCC1. The lowest BCUT2D eigenvalue weighted by Crippen LogP contribution is -2.59. The highest BCUT2D eigenvalue weighted by molar-refractivity contribution is 5.88. The molecule has 2 amide bonds. The minimum absolute atomic E-state index is 0.116. The molecule has 24 heavy (non-hydrogen) atoms. The van der Waals surface area contributed by atoms with Crippen LogP contribution < -0.4 is 5.32 Å². The summed E-state index contributed by atoms with van der Waals surface area (Å²) in [4.78, 5) is 29.1. The van der Waals surface area contributed by atoms with E-state index in [4.69, 9.17) is 0 Å². The van der Waals surface area contributed by atoms with Crippen molar-refractivity contribution < 1.29 is 9.59 Å². The molecule has 0 spiro atoms. The molecular formula is C19H27N3O2. The number of amides is 2. The van der Waals surface area contributed by atoms with E-state index < -0.39 is 0 Å². The average molecular weight is 329 g/mol. The van der Waals surface area contributed by atoms with Crippen molar-refractivity contribution in [1.82, 2.24) is 15.1 Å². The fourth-order valence-electron chi connectivity index (χ4n) is 3.60. The molecule has 5 heteroatoms. The molecule has 0 saturated carbocycles. The van der Waals surface area contributed by atoms with Gasteiger partial charge in [-0.2, -0.15) is 0 Å². The fourth-order valence-corrected chi connectivity index (χ4v) is 3.60. The maximum absolute atomic E-state index is 12.7. The number of carbonyl (C=O) groups excluding carboxylic acids is 2. The summed E-state index contributed by atoms with van der Waals surface area (Å²) in [5, 5.41) is 3.26. The van der Waals surface area contributed by atoms with Crippen molar-refractivity contribution in [3.05, 3.63) is 35.9 Å². The first kappa shape index (κ1) is 17.0. The van der Waals surface area contributed by atoms with Crippen LogP contribution in [0.5, 0.6) is 0 Å². The lowest BCUT2D eigenvalue weighted by molar-refractivity contribution is -0.146. The number of nitrogens with zero attached hydrogens (tertiary/aromatic N) is 2. The Morgan fingerprint density at radius 2 is 1.83 bits per heavy atom. The van der Waals surface area contributed by atoms with Gasteiger partial charge in [-0.1, -0.05) is 30.3 Å². The Bertz CT molecular complexity index is 555. The molecule has 1 N–H and O–H groups in total. The summed E-state index contributed by atoms with van der Waals surface area (Å²) in [7, 11) is 0. The van der Waals surface area contributed by atoms with Gasteiger partial charge in [0, 0.05) is 39.1 Å². The van der Waals surface area contributed by atoms with Crippen LogP contribution >= 0.6 is 0 Å². The van der Waals surface area contributed by atoms with Crippen LogP contribution in [0.2, 0.25) is 0 Å². The van der Waals surface area contributed by atoms with E-state index in [2.05, 4.69) is 17.4 Å². The van der Waals surface area contributed by atoms with Gasteiger partial charge in [-0.15, -0.1) is 0 Å². The third kappa shape index (κ3) is 4.15.